The fourth-order valence-corrected chi connectivity index (χ4v) is 0. The first-order valence-corrected chi connectivity index (χ1v) is 0.929. The molecule has 0 aliphatic rings. The summed E-state index contributed by atoms with van der Waals surface area (Å²) in [6.07, 6.45) is 1.00. The van der Waals surface area contributed by atoms with E-state index in [4.69, 9.17) is 4.79 Å². The molecule has 0 saturated carbocycles. The van der Waals surface area contributed by atoms with Crippen molar-refractivity contribution in [1.82, 2.24) is 0 Å². The quantitative estimate of drug-likeness (QED) is 0.424. The molecule has 36 valence electrons. The van der Waals surface area contributed by atoms with Crippen molar-refractivity contribution in [3.8, 4) is 0 Å². The molecule has 0 heterocycles. The zero-order valence-corrected chi connectivity index (χ0v) is 2.82. The minimum absolute atomic E-state index is 1.00. The average Bonchev–Trinajstić information content (AvgIpc) is 1.39. The Morgan fingerprint density at radius 3 is 1.67 bits per heavy atom. The van der Waals surface area contributed by atoms with Crippen LogP contribution in [0.1, 0.15) is 0 Å². The highest BCUT2D eigenvalue weighted by Crippen LogP contribution is 1.68. The second-order valence-electron chi connectivity index (χ2n) is 0.200. The molecule has 0 bridgehead atoms. The molecule has 4 heteroatoms. The van der Waals surface area contributed by atoms with Crippen LogP contribution in [-0.4, -0.2) is 6.41 Å². The van der Waals surface area contributed by atoms with Crippen LogP contribution >= 0.6 is 0 Å². The van der Waals surface area contributed by atoms with Crippen LogP contribution in [0.4, 0.5) is 8.78 Å². The summed E-state index contributed by atoms with van der Waals surface area (Å²) in [6, 6.07) is 0. The Bertz CT molecular complexity index is 25.5. The molecule has 0 aromatic rings. The molecule has 6 heavy (non-hydrogen) atoms. The van der Waals surface area contributed by atoms with Gasteiger partial charge in [0.15, 0.2) is 0 Å². The molecule has 0 spiro atoms. The Morgan fingerprint density at radius 1 is 1.67 bits per heavy atom. The van der Waals surface area contributed by atoms with E-state index in [0.717, 1.165) is 6.41 Å². The number of halogens is 2. The van der Waals surface area contributed by atoms with Crippen molar-refractivity contribution in [3.05, 3.63) is 6.93 Å². The molecule has 2 radical (unpaired) electrons. The molecular formula is C2H3F2NO. The maximum Gasteiger partial charge on any atom is 0.306 e. The molecule has 0 aliphatic heterocycles. The summed E-state index contributed by atoms with van der Waals surface area (Å²) in [4.78, 5) is 8.46. The van der Waals surface area contributed by atoms with Crippen molar-refractivity contribution in [2.75, 3.05) is 0 Å². The Hall–Kier alpha value is -0.670. The van der Waals surface area contributed by atoms with Gasteiger partial charge in [0.1, 0.15) is 0 Å². The van der Waals surface area contributed by atoms with Crippen LogP contribution in [0, 0.1) is 6.93 Å². The lowest BCUT2D eigenvalue weighted by Crippen LogP contribution is -1.82. The van der Waals surface area contributed by atoms with Gasteiger partial charge in [0.25, 0.3) is 6.93 Å². The first-order valence-electron chi connectivity index (χ1n) is 0.929. The topological polar surface area (TPSA) is 43.1 Å². The molecule has 0 rings (SSSR count). The van der Waals surface area contributed by atoms with Crippen molar-refractivity contribution in [2.45, 2.75) is 0 Å². The highest BCUT2D eigenvalue weighted by Gasteiger charge is 1.48. The minimum Gasteiger partial charge on any atom is -0.361 e. The minimum atomic E-state index is -1.00. The number of hydrogen-bond acceptors (Lipinski definition) is 1. The van der Waals surface area contributed by atoms with E-state index in [-0.39, 0.29) is 0 Å². The van der Waals surface area contributed by atoms with E-state index in [1.807, 2.05) is 0 Å². The first-order chi connectivity index (χ1) is 2.83. The second-order valence-corrected chi connectivity index (χ2v) is 0.200. The monoisotopic (exact) mass is 95.0 g/mol. The molecule has 0 aliphatic carbocycles. The van der Waals surface area contributed by atoms with E-state index in [1.165, 1.54) is 0 Å². The zero-order chi connectivity index (χ0) is 5.41. The molecule has 2 nitrogen and oxygen atoms in total. The van der Waals surface area contributed by atoms with Crippen LogP contribution in [-0.2, 0) is 4.79 Å². The predicted molar refractivity (Wildman–Crippen MR) is 16.4 cm³/mol. The Balaban J connectivity index is 0. The molecule has 2 N–H and O–H groups in total. The number of rotatable bonds is 0. The van der Waals surface area contributed by atoms with Gasteiger partial charge in [-0.2, -0.15) is 0 Å². The normalized spacial score (nSPS) is 5.00. The molecule has 0 saturated heterocycles. The number of nitrogens with two attached hydrogens (primary N) is 1. The summed E-state index contributed by atoms with van der Waals surface area (Å²) in [7, 11) is 0. The maximum absolute atomic E-state index is 9.50. The third kappa shape index (κ3) is 40.3. The number of primary amides is 1. The maximum atomic E-state index is 9.50. The van der Waals surface area contributed by atoms with E-state index < -0.39 is 6.93 Å². The number of carbonyl (C=O) groups excluding carboxylic acids is 1. The van der Waals surface area contributed by atoms with Gasteiger partial charge in [0.05, 0.1) is 0 Å². The summed E-state index contributed by atoms with van der Waals surface area (Å²) in [5.41, 5.74) is 4.04. The van der Waals surface area contributed by atoms with Gasteiger partial charge in [-0.1, -0.05) is 0 Å². The molecule has 0 aromatic carbocycles. The van der Waals surface area contributed by atoms with E-state index in [9.17, 15) is 8.78 Å². The Labute approximate surface area is 33.9 Å². The van der Waals surface area contributed by atoms with Gasteiger partial charge in [-0.25, -0.2) is 8.78 Å². The summed E-state index contributed by atoms with van der Waals surface area (Å²) in [6.45, 7) is -1.00. The van der Waals surface area contributed by atoms with Crippen molar-refractivity contribution in [3.63, 3.8) is 0 Å². The highest BCUT2D eigenvalue weighted by molar-refractivity contribution is 5.43. The van der Waals surface area contributed by atoms with Crippen molar-refractivity contribution < 1.29 is 13.6 Å². The van der Waals surface area contributed by atoms with Gasteiger partial charge in [0.2, 0.25) is 0 Å². The molecule has 0 fully saturated rings. The zero-order valence-electron chi connectivity index (χ0n) is 2.82. The SMILES string of the molecule is F[CH]F.N[C]=O. The fraction of sp³-hybridized carbons (Fsp3) is 0. The van der Waals surface area contributed by atoms with Gasteiger partial charge in [-0.15, -0.1) is 0 Å². The third-order valence-corrected chi connectivity index (χ3v) is 0. The average molecular weight is 95.0 g/mol. The smallest absolute Gasteiger partial charge is 0.306 e. The summed E-state index contributed by atoms with van der Waals surface area (Å²) in [5, 5.41) is 0. The van der Waals surface area contributed by atoms with Crippen molar-refractivity contribution in [1.29, 1.82) is 0 Å². The van der Waals surface area contributed by atoms with Crippen molar-refractivity contribution in [2.24, 2.45) is 5.73 Å². The predicted octanol–water partition coefficient (Wildman–Crippen LogP) is 0.0570. The van der Waals surface area contributed by atoms with E-state index in [2.05, 4.69) is 5.73 Å². The first kappa shape index (κ1) is 9.01. The summed E-state index contributed by atoms with van der Waals surface area (Å²) in [5.74, 6) is 0. The van der Waals surface area contributed by atoms with Crippen LogP contribution in [0.5, 0.6) is 0 Å². The highest BCUT2D eigenvalue weighted by atomic mass is 19.3. The van der Waals surface area contributed by atoms with Crippen LogP contribution in [0.3, 0.4) is 0 Å². The van der Waals surface area contributed by atoms with Crippen LogP contribution in [0.2, 0.25) is 0 Å². The fourth-order valence-electron chi connectivity index (χ4n) is 0. The molecular weight excluding hydrogens is 92.0 g/mol. The van der Waals surface area contributed by atoms with Gasteiger partial charge in [0, 0.05) is 0 Å². The second kappa shape index (κ2) is 27.1. The van der Waals surface area contributed by atoms with E-state index in [1.54, 1.807) is 0 Å². The Morgan fingerprint density at radius 2 is 1.67 bits per heavy atom. The van der Waals surface area contributed by atoms with Gasteiger partial charge in [-0.3, -0.25) is 4.79 Å². The Kier molecular flexibility index (Phi) is 40.8. The molecule has 0 unspecified atom stereocenters. The molecule has 1 amide bonds. The van der Waals surface area contributed by atoms with Crippen LogP contribution < -0.4 is 5.73 Å². The summed E-state index contributed by atoms with van der Waals surface area (Å²) >= 11 is 0. The lowest BCUT2D eigenvalue weighted by atomic mass is 11.5. The summed E-state index contributed by atoms with van der Waals surface area (Å²) < 4.78 is 19.0. The lowest BCUT2D eigenvalue weighted by Gasteiger charge is -1.39. The number of hydrogen-bond donors (Lipinski definition) is 1. The van der Waals surface area contributed by atoms with E-state index in [0.29, 0.717) is 0 Å². The van der Waals surface area contributed by atoms with E-state index >= 15 is 0 Å². The molecule has 0 aromatic heterocycles. The third-order valence-electron chi connectivity index (χ3n) is 0. The van der Waals surface area contributed by atoms with Crippen molar-refractivity contribution >= 4 is 6.41 Å². The van der Waals surface area contributed by atoms with Gasteiger partial charge < -0.3 is 5.73 Å². The number of amides is 1. The molecule has 0 atom stereocenters. The standard InChI is InChI=1S/CHF2.CH2NO/c2*2-1-3/h1H;(H2,2,3). The van der Waals surface area contributed by atoms with Crippen LogP contribution in [0.15, 0.2) is 0 Å². The largest absolute Gasteiger partial charge is 0.361 e. The lowest BCUT2D eigenvalue weighted by molar-refractivity contribution is 0.404. The van der Waals surface area contributed by atoms with Gasteiger partial charge in [-0.05, 0) is 0 Å². The van der Waals surface area contributed by atoms with Crippen LogP contribution in [0.25, 0.3) is 0 Å². The van der Waals surface area contributed by atoms with Gasteiger partial charge >= 0.3 is 6.41 Å².